The van der Waals surface area contributed by atoms with Gasteiger partial charge >= 0.3 is 0 Å². The lowest BCUT2D eigenvalue weighted by molar-refractivity contribution is 0.0930. The summed E-state index contributed by atoms with van der Waals surface area (Å²) >= 11 is 0. The Balaban J connectivity index is 1.47. The first-order valence-electron chi connectivity index (χ1n) is 12.9. The van der Waals surface area contributed by atoms with E-state index in [0.717, 1.165) is 26.2 Å². The van der Waals surface area contributed by atoms with Crippen LogP contribution in [-0.2, 0) is 5.41 Å². The number of anilines is 2. The van der Waals surface area contributed by atoms with Gasteiger partial charge in [0, 0.05) is 63.8 Å². The number of carbonyl (C=O) groups is 1. The maximum atomic E-state index is 13.1. The predicted octanol–water partition coefficient (Wildman–Crippen LogP) is 5.34. The van der Waals surface area contributed by atoms with Crippen LogP contribution in [0.3, 0.4) is 0 Å². The lowest BCUT2D eigenvalue weighted by Gasteiger charge is -2.40. The van der Waals surface area contributed by atoms with Crippen LogP contribution >= 0.6 is 0 Å². The first kappa shape index (κ1) is 25.8. The van der Waals surface area contributed by atoms with Crippen LogP contribution < -0.4 is 15.1 Å². The van der Waals surface area contributed by atoms with Crippen LogP contribution in [0.15, 0.2) is 78.9 Å². The second kappa shape index (κ2) is 11.2. The van der Waals surface area contributed by atoms with E-state index >= 15 is 0 Å². The summed E-state index contributed by atoms with van der Waals surface area (Å²) in [6, 6.07) is 27.5. The number of hydrogen-bond acceptors (Lipinski definition) is 4. The van der Waals surface area contributed by atoms with E-state index in [-0.39, 0.29) is 17.4 Å². The van der Waals surface area contributed by atoms with Gasteiger partial charge in [-0.25, -0.2) is 0 Å². The van der Waals surface area contributed by atoms with Crippen molar-refractivity contribution in [3.63, 3.8) is 0 Å². The molecule has 1 fully saturated rings. The van der Waals surface area contributed by atoms with E-state index in [2.05, 4.69) is 122 Å². The monoisotopic (exact) mass is 484 g/mol. The van der Waals surface area contributed by atoms with Crippen molar-refractivity contribution in [1.82, 2.24) is 10.2 Å². The van der Waals surface area contributed by atoms with Crippen LogP contribution in [0.4, 0.5) is 11.4 Å². The van der Waals surface area contributed by atoms with Crippen molar-refractivity contribution in [3.8, 4) is 0 Å². The lowest BCUT2D eigenvalue weighted by Crippen LogP contribution is -2.50. The van der Waals surface area contributed by atoms with Gasteiger partial charge in [-0.1, -0.05) is 63.2 Å². The molecule has 190 valence electrons. The first-order chi connectivity index (χ1) is 17.2. The van der Waals surface area contributed by atoms with Crippen LogP contribution in [0.5, 0.6) is 0 Å². The van der Waals surface area contributed by atoms with Gasteiger partial charge in [0.15, 0.2) is 0 Å². The quantitative estimate of drug-likeness (QED) is 0.491. The number of rotatable bonds is 7. The summed E-state index contributed by atoms with van der Waals surface area (Å²) < 4.78 is 0. The summed E-state index contributed by atoms with van der Waals surface area (Å²) in [6.07, 6.45) is 0. The summed E-state index contributed by atoms with van der Waals surface area (Å²) in [5.41, 5.74) is 5.69. The van der Waals surface area contributed by atoms with Gasteiger partial charge < -0.3 is 15.1 Å². The van der Waals surface area contributed by atoms with E-state index in [0.29, 0.717) is 12.1 Å². The average Bonchev–Trinajstić information content (AvgIpc) is 2.89. The maximum Gasteiger partial charge on any atom is 0.251 e. The number of nitrogens with one attached hydrogen (secondary N) is 1. The highest BCUT2D eigenvalue weighted by atomic mass is 16.1. The molecule has 0 unspecified atom stereocenters. The van der Waals surface area contributed by atoms with Gasteiger partial charge in [0.05, 0.1) is 6.04 Å². The van der Waals surface area contributed by atoms with Gasteiger partial charge in [-0.3, -0.25) is 9.69 Å². The molecule has 1 aliphatic heterocycles. The highest BCUT2D eigenvalue weighted by molar-refractivity contribution is 5.94. The van der Waals surface area contributed by atoms with Gasteiger partial charge in [-0.15, -0.1) is 0 Å². The number of amides is 1. The van der Waals surface area contributed by atoms with E-state index in [1.54, 1.807) is 0 Å². The van der Waals surface area contributed by atoms with E-state index < -0.39 is 0 Å². The molecule has 1 N–H and O–H groups in total. The summed E-state index contributed by atoms with van der Waals surface area (Å²) in [4.78, 5) is 20.1. The van der Waals surface area contributed by atoms with Crippen LogP contribution in [0.1, 0.15) is 48.3 Å². The Morgan fingerprint density at radius 3 is 2.03 bits per heavy atom. The van der Waals surface area contributed by atoms with Crippen molar-refractivity contribution in [3.05, 3.63) is 95.6 Å². The lowest BCUT2D eigenvalue weighted by atomic mass is 9.87. The number of para-hydroxylation sites is 1. The van der Waals surface area contributed by atoms with E-state index in [9.17, 15) is 4.79 Å². The van der Waals surface area contributed by atoms with Crippen LogP contribution in [0.2, 0.25) is 0 Å². The summed E-state index contributed by atoms with van der Waals surface area (Å²) in [5, 5.41) is 3.23. The maximum absolute atomic E-state index is 13.1. The second-order valence-corrected chi connectivity index (χ2v) is 10.9. The molecular formula is C31H40N4O. The number of hydrogen-bond donors (Lipinski definition) is 1. The predicted molar refractivity (Wildman–Crippen MR) is 151 cm³/mol. The molecule has 1 amide bonds. The third kappa shape index (κ3) is 6.27. The molecule has 0 bridgehead atoms. The van der Waals surface area contributed by atoms with Gasteiger partial charge in [0.2, 0.25) is 0 Å². The molecule has 0 spiro atoms. The number of nitrogens with zero attached hydrogens (tertiary/aromatic N) is 3. The fraction of sp³-hybridized carbons (Fsp3) is 0.387. The average molecular weight is 485 g/mol. The molecule has 3 aromatic carbocycles. The third-order valence-corrected chi connectivity index (χ3v) is 7.14. The second-order valence-electron chi connectivity index (χ2n) is 10.9. The highest BCUT2D eigenvalue weighted by Crippen LogP contribution is 2.26. The normalized spacial score (nSPS) is 15.4. The Morgan fingerprint density at radius 2 is 1.47 bits per heavy atom. The molecule has 0 aromatic heterocycles. The first-order valence-corrected chi connectivity index (χ1v) is 12.9. The van der Waals surface area contributed by atoms with E-state index in [4.69, 9.17) is 0 Å². The smallest absolute Gasteiger partial charge is 0.251 e. The van der Waals surface area contributed by atoms with Gasteiger partial charge in [0.1, 0.15) is 0 Å². The fourth-order valence-corrected chi connectivity index (χ4v) is 4.80. The number of benzene rings is 3. The zero-order chi connectivity index (χ0) is 25.7. The Hall–Kier alpha value is -3.31. The highest BCUT2D eigenvalue weighted by Gasteiger charge is 2.26. The summed E-state index contributed by atoms with van der Waals surface area (Å²) in [5.74, 6) is -0.0201. The van der Waals surface area contributed by atoms with Crippen molar-refractivity contribution < 1.29 is 4.79 Å². The van der Waals surface area contributed by atoms with Crippen LogP contribution in [0.25, 0.3) is 0 Å². The standard InChI is InChI=1S/C31H40N4O/c1-31(2,3)26-15-11-25(12-16-26)30(36)32-23-29(24-13-17-27(18-14-24)33(4)5)35-21-19-34(20-22-35)28-9-7-6-8-10-28/h6-18,29H,19-23H2,1-5H3,(H,32,36)/t29-/m1/s1. The Bertz CT molecular complexity index is 1110. The van der Waals surface area contributed by atoms with E-state index in [1.165, 1.54) is 22.5 Å². The van der Waals surface area contributed by atoms with Crippen molar-refractivity contribution in [2.75, 3.05) is 56.6 Å². The Morgan fingerprint density at radius 1 is 0.861 bits per heavy atom. The van der Waals surface area contributed by atoms with Crippen molar-refractivity contribution in [1.29, 1.82) is 0 Å². The molecular weight excluding hydrogens is 444 g/mol. The van der Waals surface area contributed by atoms with Gasteiger partial charge in [-0.2, -0.15) is 0 Å². The van der Waals surface area contributed by atoms with E-state index in [1.807, 2.05) is 12.1 Å². The van der Waals surface area contributed by atoms with Gasteiger partial charge in [0.25, 0.3) is 5.91 Å². The minimum absolute atomic E-state index is 0.0201. The van der Waals surface area contributed by atoms with Gasteiger partial charge in [-0.05, 0) is 52.9 Å². The molecule has 1 saturated heterocycles. The molecule has 3 aromatic rings. The molecule has 1 heterocycles. The van der Waals surface area contributed by atoms with Crippen molar-refractivity contribution >= 4 is 17.3 Å². The third-order valence-electron chi connectivity index (χ3n) is 7.14. The number of piperazine rings is 1. The fourth-order valence-electron chi connectivity index (χ4n) is 4.80. The van der Waals surface area contributed by atoms with Crippen molar-refractivity contribution in [2.24, 2.45) is 0 Å². The molecule has 0 radical (unpaired) electrons. The molecule has 5 nitrogen and oxygen atoms in total. The zero-order valence-corrected chi connectivity index (χ0v) is 22.4. The van der Waals surface area contributed by atoms with Crippen LogP contribution in [0, 0.1) is 0 Å². The Kier molecular flexibility index (Phi) is 8.00. The molecule has 4 rings (SSSR count). The molecule has 0 aliphatic carbocycles. The largest absolute Gasteiger partial charge is 0.378 e. The summed E-state index contributed by atoms with van der Waals surface area (Å²) in [6.45, 7) is 11.0. The van der Waals surface area contributed by atoms with Crippen molar-refractivity contribution in [2.45, 2.75) is 32.2 Å². The SMILES string of the molecule is CN(C)c1ccc([C@@H](CNC(=O)c2ccc(C(C)(C)C)cc2)N2CCN(c3ccccc3)CC2)cc1. The molecule has 5 heteroatoms. The number of carbonyl (C=O) groups excluding carboxylic acids is 1. The molecule has 1 atom stereocenters. The van der Waals surface area contributed by atoms with Crippen LogP contribution in [-0.4, -0.2) is 57.6 Å². The summed E-state index contributed by atoms with van der Waals surface area (Å²) in [7, 11) is 4.11. The molecule has 0 saturated carbocycles. The minimum Gasteiger partial charge on any atom is -0.378 e. The minimum atomic E-state index is -0.0201. The topological polar surface area (TPSA) is 38.8 Å². The zero-order valence-electron chi connectivity index (χ0n) is 22.4. The molecule has 36 heavy (non-hydrogen) atoms. The Labute approximate surface area is 216 Å². The molecule has 1 aliphatic rings.